The highest BCUT2D eigenvalue weighted by Crippen LogP contribution is 2.25. The van der Waals surface area contributed by atoms with Gasteiger partial charge in [-0.1, -0.05) is 12.0 Å². The van der Waals surface area contributed by atoms with Crippen molar-refractivity contribution in [2.75, 3.05) is 11.9 Å². The molecule has 35 heavy (non-hydrogen) atoms. The molecule has 0 spiro atoms. The minimum atomic E-state index is -0.100. The summed E-state index contributed by atoms with van der Waals surface area (Å²) in [5.41, 5.74) is 5.72. The van der Waals surface area contributed by atoms with E-state index in [1.807, 2.05) is 6.07 Å². The number of rotatable bonds is 5. The van der Waals surface area contributed by atoms with E-state index in [0.29, 0.717) is 31.0 Å². The topological polar surface area (TPSA) is 139 Å². The van der Waals surface area contributed by atoms with Gasteiger partial charge in [0.25, 0.3) is 5.89 Å². The molecule has 0 radical (unpaired) electrons. The third kappa shape index (κ3) is 4.21. The lowest BCUT2D eigenvalue weighted by Gasteiger charge is -2.24. The summed E-state index contributed by atoms with van der Waals surface area (Å²) in [4.78, 5) is 23.2. The van der Waals surface area contributed by atoms with Crippen molar-refractivity contribution in [1.29, 1.82) is 0 Å². The first-order valence-electron chi connectivity index (χ1n) is 11.3. The standard InChI is InChI=1S/C24H21N9O2/c1-2-14-3-4-15-8-18(9-16(15)7-14)27-24-25-11-17(12-26-24)23-31-30-21(35-23)10-22(34)33-6-5-19-20(13-33)29-32-28-19/h1,3-4,7,11-12,18H,5-6,8-10,13H2,(H,25,26,27)(H,28,29,32). The van der Waals surface area contributed by atoms with Crippen molar-refractivity contribution in [3.8, 4) is 23.8 Å². The molecule has 0 bridgehead atoms. The number of nitrogens with zero attached hydrogens (tertiary/aromatic N) is 7. The van der Waals surface area contributed by atoms with Gasteiger partial charge in [-0.05, 0) is 36.1 Å². The lowest BCUT2D eigenvalue weighted by molar-refractivity contribution is -0.131. The first kappa shape index (κ1) is 21.0. The summed E-state index contributed by atoms with van der Waals surface area (Å²) >= 11 is 0. The maximum Gasteiger partial charge on any atom is 0.250 e. The molecule has 1 aromatic carbocycles. The Hall–Kier alpha value is -4.59. The van der Waals surface area contributed by atoms with E-state index in [9.17, 15) is 4.79 Å². The highest BCUT2D eigenvalue weighted by Gasteiger charge is 2.25. The first-order chi connectivity index (χ1) is 17.1. The number of benzene rings is 1. The lowest BCUT2D eigenvalue weighted by Crippen LogP contribution is -2.37. The summed E-state index contributed by atoms with van der Waals surface area (Å²) in [7, 11) is 0. The van der Waals surface area contributed by atoms with Crippen LogP contribution in [0.5, 0.6) is 0 Å². The van der Waals surface area contributed by atoms with Crippen LogP contribution in [0.4, 0.5) is 5.95 Å². The van der Waals surface area contributed by atoms with Gasteiger partial charge in [0.2, 0.25) is 17.7 Å². The smallest absolute Gasteiger partial charge is 0.250 e. The van der Waals surface area contributed by atoms with Gasteiger partial charge in [0, 0.05) is 37.0 Å². The van der Waals surface area contributed by atoms with Crippen molar-refractivity contribution in [1.82, 2.24) is 40.5 Å². The highest BCUT2D eigenvalue weighted by molar-refractivity contribution is 5.78. The quantitative estimate of drug-likeness (QED) is 0.416. The summed E-state index contributed by atoms with van der Waals surface area (Å²) in [6, 6.07) is 6.33. The largest absolute Gasteiger partial charge is 0.420 e. The molecule has 2 N–H and O–H groups in total. The van der Waals surface area contributed by atoms with Gasteiger partial charge in [-0.25, -0.2) is 9.97 Å². The second-order valence-corrected chi connectivity index (χ2v) is 8.63. The summed E-state index contributed by atoms with van der Waals surface area (Å²) in [5.74, 6) is 3.62. The molecule has 1 aliphatic carbocycles. The zero-order chi connectivity index (χ0) is 23.8. The van der Waals surface area contributed by atoms with Crippen molar-refractivity contribution in [2.45, 2.75) is 38.3 Å². The fraction of sp³-hybridized carbons (Fsp3) is 0.292. The van der Waals surface area contributed by atoms with Gasteiger partial charge in [-0.2, -0.15) is 15.4 Å². The van der Waals surface area contributed by atoms with Crippen molar-refractivity contribution in [3.05, 3.63) is 64.6 Å². The van der Waals surface area contributed by atoms with Gasteiger partial charge < -0.3 is 14.6 Å². The molecule has 6 rings (SSSR count). The second kappa shape index (κ2) is 8.64. The van der Waals surface area contributed by atoms with E-state index in [2.05, 4.69) is 58.9 Å². The summed E-state index contributed by atoms with van der Waals surface area (Å²) < 4.78 is 5.70. The van der Waals surface area contributed by atoms with E-state index in [1.165, 1.54) is 11.1 Å². The van der Waals surface area contributed by atoms with Crippen molar-refractivity contribution < 1.29 is 9.21 Å². The van der Waals surface area contributed by atoms with Crippen LogP contribution in [0.1, 0.15) is 34.0 Å². The van der Waals surface area contributed by atoms with Gasteiger partial charge in [-0.3, -0.25) is 4.79 Å². The van der Waals surface area contributed by atoms with Crippen LogP contribution in [0.25, 0.3) is 11.5 Å². The van der Waals surface area contributed by atoms with Crippen LogP contribution in [-0.2, 0) is 37.0 Å². The summed E-state index contributed by atoms with van der Waals surface area (Å²) in [6.45, 7) is 1.00. The molecule has 4 heterocycles. The number of hydrogen-bond acceptors (Lipinski definition) is 9. The Bertz CT molecular complexity index is 1430. The van der Waals surface area contributed by atoms with Crippen LogP contribution in [0.3, 0.4) is 0 Å². The fourth-order valence-electron chi connectivity index (χ4n) is 4.50. The van der Waals surface area contributed by atoms with E-state index < -0.39 is 0 Å². The number of hydrogen-bond donors (Lipinski definition) is 2. The van der Waals surface area contributed by atoms with Crippen LogP contribution >= 0.6 is 0 Å². The Morgan fingerprint density at radius 1 is 1.17 bits per heavy atom. The number of aromatic amines is 1. The first-order valence-corrected chi connectivity index (χ1v) is 11.3. The van der Waals surface area contributed by atoms with Gasteiger partial charge >= 0.3 is 0 Å². The molecular weight excluding hydrogens is 446 g/mol. The van der Waals surface area contributed by atoms with E-state index in [1.54, 1.807) is 17.3 Å². The summed E-state index contributed by atoms with van der Waals surface area (Å²) in [5, 5.41) is 22.2. The number of fused-ring (bicyclic) bond motifs is 2. The predicted molar refractivity (Wildman–Crippen MR) is 124 cm³/mol. The highest BCUT2D eigenvalue weighted by atomic mass is 16.4. The molecule has 11 heteroatoms. The molecule has 174 valence electrons. The van der Waals surface area contributed by atoms with Crippen molar-refractivity contribution in [3.63, 3.8) is 0 Å². The molecule has 1 aliphatic heterocycles. The molecular formula is C24H21N9O2. The van der Waals surface area contributed by atoms with E-state index in [-0.39, 0.29) is 30.2 Å². The molecule has 1 unspecified atom stereocenters. The maximum atomic E-state index is 12.7. The lowest BCUT2D eigenvalue weighted by atomic mass is 10.1. The Morgan fingerprint density at radius 2 is 2.00 bits per heavy atom. The number of carbonyl (C=O) groups is 1. The molecule has 3 aromatic heterocycles. The van der Waals surface area contributed by atoms with Crippen LogP contribution in [0, 0.1) is 12.3 Å². The minimum Gasteiger partial charge on any atom is -0.420 e. The Labute approximate surface area is 200 Å². The molecule has 0 fully saturated rings. The van der Waals surface area contributed by atoms with Crippen molar-refractivity contribution >= 4 is 11.9 Å². The zero-order valence-corrected chi connectivity index (χ0v) is 18.7. The van der Waals surface area contributed by atoms with Gasteiger partial charge in [0.15, 0.2) is 0 Å². The van der Waals surface area contributed by atoms with Crippen LogP contribution in [0.2, 0.25) is 0 Å². The number of H-pyrrole nitrogens is 1. The molecule has 0 saturated heterocycles. The number of aromatic nitrogens is 7. The fourth-order valence-corrected chi connectivity index (χ4v) is 4.50. The normalized spacial score (nSPS) is 16.4. The van der Waals surface area contributed by atoms with E-state index in [4.69, 9.17) is 10.8 Å². The van der Waals surface area contributed by atoms with Gasteiger partial charge in [0.1, 0.15) is 12.1 Å². The number of nitrogens with one attached hydrogen (secondary N) is 2. The molecule has 1 amide bonds. The van der Waals surface area contributed by atoms with Crippen LogP contribution < -0.4 is 5.32 Å². The van der Waals surface area contributed by atoms with E-state index in [0.717, 1.165) is 29.8 Å². The zero-order valence-electron chi connectivity index (χ0n) is 18.7. The van der Waals surface area contributed by atoms with Crippen LogP contribution in [0.15, 0.2) is 35.0 Å². The molecule has 11 nitrogen and oxygen atoms in total. The average Bonchev–Trinajstić information content (AvgIpc) is 3.63. The second-order valence-electron chi connectivity index (χ2n) is 8.63. The SMILES string of the molecule is C#Cc1ccc2c(c1)CC(Nc1ncc(-c3nnc(CC(=O)N4CCc5n[nH]nc5C4)o3)cn1)C2. The number of carbonyl (C=O) groups excluding carboxylic acids is 1. The summed E-state index contributed by atoms with van der Waals surface area (Å²) in [6.07, 6.45) is 11.2. The van der Waals surface area contributed by atoms with Crippen LogP contribution in [-0.4, -0.2) is 59.0 Å². The predicted octanol–water partition coefficient (Wildman–Crippen LogP) is 1.33. The molecule has 1 atom stereocenters. The molecule has 4 aromatic rings. The maximum absolute atomic E-state index is 12.7. The van der Waals surface area contributed by atoms with Gasteiger partial charge in [0.05, 0.1) is 17.8 Å². The molecule has 2 aliphatic rings. The molecule has 0 saturated carbocycles. The average molecular weight is 467 g/mol. The number of terminal acetylenes is 1. The Morgan fingerprint density at radius 3 is 2.86 bits per heavy atom. The number of amides is 1. The minimum absolute atomic E-state index is 0.0182. The van der Waals surface area contributed by atoms with Gasteiger partial charge in [-0.15, -0.1) is 16.6 Å². The number of anilines is 1. The van der Waals surface area contributed by atoms with Crippen molar-refractivity contribution in [2.24, 2.45) is 0 Å². The Kier molecular flexibility index (Phi) is 5.18. The Balaban J connectivity index is 1.06. The van der Waals surface area contributed by atoms with E-state index >= 15 is 0 Å². The third-order valence-corrected chi connectivity index (χ3v) is 6.32. The monoisotopic (exact) mass is 467 g/mol. The third-order valence-electron chi connectivity index (χ3n) is 6.32.